The second-order valence-electron chi connectivity index (χ2n) is 11.4. The molecule has 236 valence electrons. The van der Waals surface area contributed by atoms with Crippen LogP contribution >= 0.6 is 0 Å². The minimum Gasteiger partial charge on any atom is -0.376 e. The molecule has 0 aliphatic carbocycles. The standard InChI is InChI=1S/C40H40O6/c1-42-36-35(29-45-40(32-21-11-4-12-22-32,33-23-13-5-14-24-33)34-25-15-6-16-26-34)46-39(41)38(44-28-31-19-9-3-10-20-31)37(36)43-27-30-17-7-2-8-18-30/h2-26,35-39,41H,27-29H2,1H3/t35-,36+,37+,38-,39+/m1/s1. The molecule has 0 radical (unpaired) electrons. The highest BCUT2D eigenvalue weighted by molar-refractivity contribution is 5.47. The molecule has 0 aromatic heterocycles. The summed E-state index contributed by atoms with van der Waals surface area (Å²) in [7, 11) is 1.63. The lowest BCUT2D eigenvalue weighted by atomic mass is 9.80. The maximum Gasteiger partial charge on any atom is 0.184 e. The van der Waals surface area contributed by atoms with E-state index in [1.165, 1.54) is 0 Å². The average molecular weight is 617 g/mol. The maximum atomic E-state index is 11.4. The number of ether oxygens (including phenoxy) is 5. The van der Waals surface area contributed by atoms with E-state index in [9.17, 15) is 5.11 Å². The third kappa shape index (κ3) is 7.13. The monoisotopic (exact) mass is 616 g/mol. The Morgan fingerprint density at radius 3 is 1.35 bits per heavy atom. The highest BCUT2D eigenvalue weighted by Crippen LogP contribution is 2.41. The minimum absolute atomic E-state index is 0.102. The van der Waals surface area contributed by atoms with E-state index in [-0.39, 0.29) is 13.2 Å². The SMILES string of the molecule is CO[C@@H]1[C@H](OCc2ccccc2)[C@@H](OCc2ccccc2)[C@@H](O)O[C@@H]1COC(c1ccccc1)(c1ccccc1)c1ccccc1. The summed E-state index contributed by atoms with van der Waals surface area (Å²) < 4.78 is 32.3. The van der Waals surface area contributed by atoms with E-state index < -0.39 is 36.3 Å². The Bertz CT molecular complexity index is 1490. The highest BCUT2D eigenvalue weighted by Gasteiger charge is 2.49. The van der Waals surface area contributed by atoms with Gasteiger partial charge in [-0.25, -0.2) is 0 Å². The van der Waals surface area contributed by atoms with Crippen molar-refractivity contribution in [3.8, 4) is 0 Å². The zero-order valence-corrected chi connectivity index (χ0v) is 25.9. The quantitative estimate of drug-likeness (QED) is 0.145. The van der Waals surface area contributed by atoms with Crippen molar-refractivity contribution in [2.24, 2.45) is 0 Å². The Morgan fingerprint density at radius 2 is 0.935 bits per heavy atom. The summed E-state index contributed by atoms with van der Waals surface area (Å²) in [5.74, 6) is 0. The summed E-state index contributed by atoms with van der Waals surface area (Å²) in [6.07, 6.45) is -4.00. The molecule has 0 bridgehead atoms. The fourth-order valence-electron chi connectivity index (χ4n) is 6.19. The smallest absolute Gasteiger partial charge is 0.184 e. The van der Waals surface area contributed by atoms with Crippen LogP contribution in [0.4, 0.5) is 0 Å². The number of rotatable bonds is 13. The molecule has 6 rings (SSSR count). The van der Waals surface area contributed by atoms with Crippen molar-refractivity contribution < 1.29 is 28.8 Å². The molecule has 5 aromatic rings. The molecule has 5 aromatic carbocycles. The molecule has 1 saturated heterocycles. The highest BCUT2D eigenvalue weighted by atomic mass is 16.7. The first-order chi connectivity index (χ1) is 22.7. The van der Waals surface area contributed by atoms with Gasteiger partial charge in [-0.3, -0.25) is 0 Å². The molecule has 1 heterocycles. The number of benzene rings is 5. The van der Waals surface area contributed by atoms with Gasteiger partial charge in [0.1, 0.15) is 30.0 Å². The van der Waals surface area contributed by atoms with Gasteiger partial charge in [0.05, 0.1) is 19.8 Å². The van der Waals surface area contributed by atoms with E-state index in [1.807, 2.05) is 115 Å². The second kappa shape index (κ2) is 15.4. The second-order valence-corrected chi connectivity index (χ2v) is 11.4. The van der Waals surface area contributed by atoms with Gasteiger partial charge in [-0.1, -0.05) is 152 Å². The Morgan fingerprint density at radius 1 is 0.543 bits per heavy atom. The van der Waals surface area contributed by atoms with E-state index in [1.54, 1.807) is 7.11 Å². The van der Waals surface area contributed by atoms with Gasteiger partial charge in [0.15, 0.2) is 6.29 Å². The maximum absolute atomic E-state index is 11.4. The largest absolute Gasteiger partial charge is 0.376 e. The first kappa shape index (κ1) is 31.8. The van der Waals surface area contributed by atoms with Gasteiger partial charge in [0, 0.05) is 7.11 Å². The third-order valence-corrected chi connectivity index (χ3v) is 8.46. The number of hydrogen-bond donors (Lipinski definition) is 1. The van der Waals surface area contributed by atoms with Crippen LogP contribution in [0.5, 0.6) is 0 Å². The van der Waals surface area contributed by atoms with E-state index in [4.69, 9.17) is 23.7 Å². The molecule has 1 fully saturated rings. The van der Waals surface area contributed by atoms with Crippen molar-refractivity contribution >= 4 is 0 Å². The van der Waals surface area contributed by atoms with Crippen molar-refractivity contribution in [2.75, 3.05) is 13.7 Å². The average Bonchev–Trinajstić information content (AvgIpc) is 3.13. The van der Waals surface area contributed by atoms with Crippen LogP contribution in [0.3, 0.4) is 0 Å². The molecule has 46 heavy (non-hydrogen) atoms. The summed E-state index contributed by atoms with van der Waals surface area (Å²) >= 11 is 0. The van der Waals surface area contributed by atoms with E-state index in [0.717, 1.165) is 27.8 Å². The molecule has 0 unspecified atom stereocenters. The number of aliphatic hydroxyl groups excluding tert-OH is 1. The lowest BCUT2D eigenvalue weighted by Crippen LogP contribution is -2.61. The van der Waals surface area contributed by atoms with Gasteiger partial charge in [0.25, 0.3) is 0 Å². The van der Waals surface area contributed by atoms with Crippen LogP contribution in [0.25, 0.3) is 0 Å². The Labute approximate surface area is 271 Å². The van der Waals surface area contributed by atoms with Crippen LogP contribution in [0.1, 0.15) is 27.8 Å². The summed E-state index contributed by atoms with van der Waals surface area (Å²) in [6.45, 7) is 0.706. The summed E-state index contributed by atoms with van der Waals surface area (Å²) in [5, 5.41) is 11.4. The minimum atomic E-state index is -1.27. The third-order valence-electron chi connectivity index (χ3n) is 8.46. The van der Waals surface area contributed by atoms with Crippen LogP contribution < -0.4 is 0 Å². The fourth-order valence-corrected chi connectivity index (χ4v) is 6.19. The summed E-state index contributed by atoms with van der Waals surface area (Å²) in [4.78, 5) is 0. The molecular formula is C40H40O6. The zero-order chi connectivity index (χ0) is 31.6. The Hall–Kier alpha value is -4.14. The van der Waals surface area contributed by atoms with Crippen LogP contribution in [-0.4, -0.2) is 49.5 Å². The van der Waals surface area contributed by atoms with Gasteiger partial charge in [0.2, 0.25) is 0 Å². The van der Waals surface area contributed by atoms with Crippen molar-refractivity contribution in [3.63, 3.8) is 0 Å². The van der Waals surface area contributed by atoms with Crippen molar-refractivity contribution in [1.29, 1.82) is 0 Å². The molecule has 0 amide bonds. The van der Waals surface area contributed by atoms with Crippen LogP contribution in [0, 0.1) is 0 Å². The molecule has 0 saturated carbocycles. The van der Waals surface area contributed by atoms with Crippen molar-refractivity contribution in [2.45, 2.75) is 49.5 Å². The first-order valence-electron chi connectivity index (χ1n) is 15.7. The topological polar surface area (TPSA) is 66.4 Å². The molecule has 6 nitrogen and oxygen atoms in total. The molecule has 0 spiro atoms. The Balaban J connectivity index is 1.32. The molecule has 6 heteroatoms. The predicted molar refractivity (Wildman–Crippen MR) is 177 cm³/mol. The number of hydrogen-bond acceptors (Lipinski definition) is 6. The van der Waals surface area contributed by atoms with E-state index >= 15 is 0 Å². The van der Waals surface area contributed by atoms with Gasteiger partial charge < -0.3 is 28.8 Å². The lowest BCUT2D eigenvalue weighted by Gasteiger charge is -2.45. The van der Waals surface area contributed by atoms with Crippen molar-refractivity contribution in [3.05, 3.63) is 179 Å². The van der Waals surface area contributed by atoms with Crippen LogP contribution in [0.2, 0.25) is 0 Å². The van der Waals surface area contributed by atoms with E-state index in [0.29, 0.717) is 6.61 Å². The van der Waals surface area contributed by atoms with Gasteiger partial charge in [-0.15, -0.1) is 0 Å². The van der Waals surface area contributed by atoms with Crippen molar-refractivity contribution in [1.82, 2.24) is 0 Å². The van der Waals surface area contributed by atoms with Crippen LogP contribution in [0.15, 0.2) is 152 Å². The lowest BCUT2D eigenvalue weighted by molar-refractivity contribution is -0.314. The fraction of sp³-hybridized carbons (Fsp3) is 0.250. The summed E-state index contributed by atoms with van der Waals surface area (Å²) in [6, 6.07) is 50.3. The molecule has 1 aliphatic heterocycles. The number of methoxy groups -OCH3 is 1. The molecule has 1 aliphatic rings. The summed E-state index contributed by atoms with van der Waals surface area (Å²) in [5.41, 5.74) is 3.94. The predicted octanol–water partition coefficient (Wildman–Crippen LogP) is 6.90. The molecule has 5 atom stereocenters. The molecule has 1 N–H and O–H groups in total. The van der Waals surface area contributed by atoms with Gasteiger partial charge in [-0.2, -0.15) is 0 Å². The zero-order valence-electron chi connectivity index (χ0n) is 25.9. The van der Waals surface area contributed by atoms with E-state index in [2.05, 4.69) is 36.4 Å². The van der Waals surface area contributed by atoms with Gasteiger partial charge >= 0.3 is 0 Å². The first-order valence-corrected chi connectivity index (χ1v) is 15.7. The normalized spacial score (nSPS) is 21.6. The Kier molecular flexibility index (Phi) is 10.7. The number of aliphatic hydroxyl groups is 1. The molecular weight excluding hydrogens is 576 g/mol. The van der Waals surface area contributed by atoms with Crippen LogP contribution in [-0.2, 0) is 42.5 Å². The van der Waals surface area contributed by atoms with Gasteiger partial charge in [-0.05, 0) is 27.8 Å².